The number of nitrogens with one attached hydrogen (secondary N) is 1. The lowest BCUT2D eigenvalue weighted by atomic mass is 9.98. The van der Waals surface area contributed by atoms with Crippen molar-refractivity contribution in [3.8, 4) is 23.2 Å². The summed E-state index contributed by atoms with van der Waals surface area (Å²) in [6.45, 7) is 6.67. The molecule has 0 spiro atoms. The van der Waals surface area contributed by atoms with Gasteiger partial charge in [0.05, 0.1) is 18.0 Å². The molecule has 2 N–H and O–H groups in total. The van der Waals surface area contributed by atoms with Gasteiger partial charge >= 0.3 is 0 Å². The average Bonchev–Trinajstić information content (AvgIpc) is 2.99. The number of aromatic nitrogens is 3. The standard InChI is InChI=1S/C29H34FN7O4/c1-4-36(5-2)28(40)19-6-9-22(10-7-19)34-29-33-17-32-26(35-29)20-8-11-24(21(14-20)15-31)41-25-12-13-37(16-23(25)30)27(39)18(3)38/h6,8-11,14,17-19,23,25,38H,4-5,7,12-13,16H2,1-3H3,(H,32,33,34,35)/t18-,19?,23+,25-/m0/s1. The van der Waals surface area contributed by atoms with Crippen LogP contribution in [0.1, 0.15) is 39.2 Å². The third-order valence-corrected chi connectivity index (χ3v) is 7.11. The number of piperidine rings is 1. The largest absolute Gasteiger partial charge is 0.486 e. The second kappa shape index (κ2) is 13.3. The lowest BCUT2D eigenvalue weighted by Gasteiger charge is -2.35. The molecule has 2 aliphatic rings. The van der Waals surface area contributed by atoms with Crippen LogP contribution in [0.2, 0.25) is 0 Å². The topological polar surface area (TPSA) is 145 Å². The lowest BCUT2D eigenvalue weighted by Crippen LogP contribution is -2.51. The Morgan fingerprint density at radius 1 is 1.32 bits per heavy atom. The van der Waals surface area contributed by atoms with Crippen molar-refractivity contribution in [2.75, 3.05) is 31.5 Å². The maximum atomic E-state index is 14.8. The van der Waals surface area contributed by atoms with Gasteiger partial charge < -0.3 is 25.0 Å². The Hall–Kier alpha value is -4.37. The fourth-order valence-corrected chi connectivity index (χ4v) is 4.79. The number of nitrogens with zero attached hydrogens (tertiary/aromatic N) is 6. The molecule has 2 amide bonds. The monoisotopic (exact) mass is 563 g/mol. The summed E-state index contributed by atoms with van der Waals surface area (Å²) in [7, 11) is 0. The molecule has 11 nitrogen and oxygen atoms in total. The van der Waals surface area contributed by atoms with Crippen LogP contribution in [0, 0.1) is 17.2 Å². The number of alkyl halides is 1. The summed E-state index contributed by atoms with van der Waals surface area (Å²) in [6, 6.07) is 6.90. The number of aliphatic hydroxyl groups excluding tert-OH is 1. The van der Waals surface area contributed by atoms with Gasteiger partial charge in [-0.15, -0.1) is 0 Å². The van der Waals surface area contributed by atoms with Crippen molar-refractivity contribution < 1.29 is 23.8 Å². The molecule has 216 valence electrons. The summed E-state index contributed by atoms with van der Waals surface area (Å²) in [6.07, 6.45) is 4.29. The minimum absolute atomic E-state index is 0.101. The van der Waals surface area contributed by atoms with Crippen LogP contribution < -0.4 is 10.1 Å². The van der Waals surface area contributed by atoms with E-state index in [0.29, 0.717) is 36.8 Å². The molecule has 2 heterocycles. The predicted octanol–water partition coefficient (Wildman–Crippen LogP) is 2.85. The molecule has 1 aromatic carbocycles. The summed E-state index contributed by atoms with van der Waals surface area (Å²) >= 11 is 0. The van der Waals surface area contributed by atoms with Crippen molar-refractivity contribution in [3.05, 3.63) is 54.0 Å². The molecule has 1 aromatic heterocycles. The van der Waals surface area contributed by atoms with E-state index >= 15 is 0 Å². The number of carbonyl (C=O) groups is 2. The Kier molecular flexibility index (Phi) is 9.62. The normalized spacial score (nSPS) is 20.9. The third kappa shape index (κ3) is 7.05. The van der Waals surface area contributed by atoms with Gasteiger partial charge in [0.25, 0.3) is 5.91 Å². The van der Waals surface area contributed by atoms with E-state index in [1.807, 2.05) is 37.0 Å². The highest BCUT2D eigenvalue weighted by Gasteiger charge is 2.34. The Morgan fingerprint density at radius 2 is 2.10 bits per heavy atom. The average molecular weight is 564 g/mol. The van der Waals surface area contributed by atoms with Gasteiger partial charge in [-0.3, -0.25) is 9.59 Å². The van der Waals surface area contributed by atoms with Gasteiger partial charge in [0.1, 0.15) is 30.4 Å². The quantitative estimate of drug-likeness (QED) is 0.470. The van der Waals surface area contributed by atoms with Crippen molar-refractivity contribution in [2.24, 2.45) is 5.92 Å². The van der Waals surface area contributed by atoms with E-state index in [9.17, 15) is 24.3 Å². The SMILES string of the molecule is CCN(CC)C(=O)C1C=CC(Nc2ncnc(-c3ccc(O[C@H]4CCN(C(=O)[C@H](C)O)C[C@H]4F)c(C#N)c3)n2)=CC1. The predicted molar refractivity (Wildman–Crippen MR) is 149 cm³/mol. The third-order valence-electron chi connectivity index (χ3n) is 7.11. The molecule has 2 aromatic rings. The molecule has 4 atom stereocenters. The first-order chi connectivity index (χ1) is 19.7. The number of hydrogen-bond acceptors (Lipinski definition) is 9. The fraction of sp³-hybridized carbons (Fsp3) is 0.448. The number of likely N-dealkylation sites (tertiary alicyclic amines) is 1. The number of anilines is 1. The number of carbonyl (C=O) groups excluding carboxylic acids is 2. The van der Waals surface area contributed by atoms with E-state index in [4.69, 9.17) is 4.74 Å². The highest BCUT2D eigenvalue weighted by Crippen LogP contribution is 2.28. The van der Waals surface area contributed by atoms with Gasteiger partial charge in [0, 0.05) is 37.3 Å². The van der Waals surface area contributed by atoms with Gasteiger partial charge in [0.2, 0.25) is 11.9 Å². The molecule has 1 fully saturated rings. The number of nitriles is 1. The van der Waals surface area contributed by atoms with Crippen LogP contribution >= 0.6 is 0 Å². The van der Waals surface area contributed by atoms with E-state index < -0.39 is 24.3 Å². The summed E-state index contributed by atoms with van der Waals surface area (Å²) in [5, 5.41) is 22.4. The molecule has 1 unspecified atom stereocenters. The minimum atomic E-state index is -1.47. The second-order valence-electron chi connectivity index (χ2n) is 9.87. The van der Waals surface area contributed by atoms with Crippen molar-refractivity contribution in [1.29, 1.82) is 5.26 Å². The van der Waals surface area contributed by atoms with Crippen molar-refractivity contribution in [2.45, 2.75) is 52.0 Å². The molecule has 0 bridgehead atoms. The fourth-order valence-electron chi connectivity index (χ4n) is 4.79. The van der Waals surface area contributed by atoms with Crippen molar-refractivity contribution in [1.82, 2.24) is 24.8 Å². The number of rotatable bonds is 9. The zero-order chi connectivity index (χ0) is 29.5. The Morgan fingerprint density at radius 3 is 2.73 bits per heavy atom. The minimum Gasteiger partial charge on any atom is -0.486 e. The molecule has 4 rings (SSSR count). The van der Waals surface area contributed by atoms with E-state index in [0.717, 1.165) is 5.70 Å². The number of hydrogen-bond donors (Lipinski definition) is 2. The van der Waals surface area contributed by atoms with E-state index in [2.05, 4.69) is 26.3 Å². The summed E-state index contributed by atoms with van der Waals surface area (Å²) in [4.78, 5) is 40.6. The van der Waals surface area contributed by atoms with Gasteiger partial charge in [-0.05, 0) is 51.5 Å². The second-order valence-corrected chi connectivity index (χ2v) is 9.87. The van der Waals surface area contributed by atoms with Crippen LogP contribution in [-0.4, -0.2) is 86.2 Å². The molecule has 1 saturated heterocycles. The molecule has 1 aliphatic carbocycles. The summed E-state index contributed by atoms with van der Waals surface area (Å²) < 4.78 is 20.6. The first-order valence-corrected chi connectivity index (χ1v) is 13.7. The van der Waals surface area contributed by atoms with Gasteiger partial charge in [-0.1, -0.05) is 12.2 Å². The maximum Gasteiger partial charge on any atom is 0.251 e. The number of amides is 2. The Balaban J connectivity index is 1.41. The van der Waals surface area contributed by atoms with Crippen LogP contribution in [-0.2, 0) is 9.59 Å². The van der Waals surface area contributed by atoms with Gasteiger partial charge in [0.15, 0.2) is 12.0 Å². The molecule has 41 heavy (non-hydrogen) atoms. The van der Waals surface area contributed by atoms with E-state index in [-0.39, 0.29) is 42.6 Å². The molecular weight excluding hydrogens is 529 g/mol. The zero-order valence-corrected chi connectivity index (χ0v) is 23.3. The van der Waals surface area contributed by atoms with Crippen LogP contribution in [0.4, 0.5) is 10.3 Å². The highest BCUT2D eigenvalue weighted by atomic mass is 19.1. The molecule has 12 heteroatoms. The van der Waals surface area contributed by atoms with Gasteiger partial charge in [-0.2, -0.15) is 10.2 Å². The number of halogens is 1. The molecule has 0 radical (unpaired) electrons. The van der Waals surface area contributed by atoms with Gasteiger partial charge in [-0.25, -0.2) is 14.4 Å². The number of aliphatic hydroxyl groups is 1. The van der Waals surface area contributed by atoms with Crippen molar-refractivity contribution >= 4 is 17.8 Å². The zero-order valence-electron chi connectivity index (χ0n) is 23.3. The number of benzene rings is 1. The highest BCUT2D eigenvalue weighted by molar-refractivity contribution is 5.81. The maximum absolute atomic E-state index is 14.8. The van der Waals surface area contributed by atoms with Crippen molar-refractivity contribution in [3.63, 3.8) is 0 Å². The molecule has 1 aliphatic heterocycles. The Labute approximate surface area is 238 Å². The Bertz CT molecular complexity index is 1370. The summed E-state index contributed by atoms with van der Waals surface area (Å²) in [5.74, 6) is 0.226. The number of ether oxygens (including phenoxy) is 1. The smallest absolute Gasteiger partial charge is 0.251 e. The lowest BCUT2D eigenvalue weighted by molar-refractivity contribution is -0.143. The van der Waals surface area contributed by atoms with Crippen LogP contribution in [0.3, 0.4) is 0 Å². The first kappa shape index (κ1) is 29.6. The van der Waals surface area contributed by atoms with Crippen LogP contribution in [0.5, 0.6) is 5.75 Å². The van der Waals surface area contributed by atoms with Crippen LogP contribution in [0.25, 0.3) is 11.4 Å². The molecular formula is C29H34FN7O4. The van der Waals surface area contributed by atoms with Crippen LogP contribution in [0.15, 0.2) is 48.5 Å². The first-order valence-electron chi connectivity index (χ1n) is 13.7. The van der Waals surface area contributed by atoms with E-state index in [1.54, 1.807) is 18.2 Å². The molecule has 0 saturated carbocycles. The number of allylic oxidation sites excluding steroid dienone is 2. The van der Waals surface area contributed by atoms with E-state index in [1.165, 1.54) is 18.2 Å². The summed E-state index contributed by atoms with van der Waals surface area (Å²) in [5.41, 5.74) is 1.50.